The molecule has 1 aliphatic heterocycles. The van der Waals surface area contributed by atoms with Crippen LogP contribution in [-0.2, 0) is 14.6 Å². The second-order valence-corrected chi connectivity index (χ2v) is 8.51. The van der Waals surface area contributed by atoms with Gasteiger partial charge in [-0.2, -0.15) is 5.26 Å². The maximum atomic E-state index is 12.2. The highest BCUT2D eigenvalue weighted by Crippen LogP contribution is 2.23. The summed E-state index contributed by atoms with van der Waals surface area (Å²) in [5, 5.41) is 18.1. The van der Waals surface area contributed by atoms with Crippen molar-refractivity contribution in [2.45, 2.75) is 0 Å². The number of aliphatic carboxylic acids is 1. The third kappa shape index (κ3) is 4.29. The van der Waals surface area contributed by atoms with Gasteiger partial charge in [0, 0.05) is 30.2 Å². The number of allylic oxidation sites excluding steroid dienone is 2. The summed E-state index contributed by atoms with van der Waals surface area (Å²) in [5.74, 6) is -1.17. The minimum atomic E-state index is -2.99. The topological polar surface area (TPSA) is 129 Å². The smallest absolute Gasteiger partial charge is 0.346 e. The number of sulfone groups is 1. The molecular weight excluding hydrogens is 384 g/mol. The maximum absolute atomic E-state index is 12.2. The fraction of sp³-hybridized carbons (Fsp3) is 0.211. The molecule has 2 heterocycles. The van der Waals surface area contributed by atoms with Crippen LogP contribution in [0.1, 0.15) is 5.56 Å². The quantitative estimate of drug-likeness (QED) is 0.354. The molecule has 3 rings (SSSR count). The molecule has 1 N–H and O–H groups in total. The van der Waals surface area contributed by atoms with Gasteiger partial charge in [-0.25, -0.2) is 18.0 Å². The van der Waals surface area contributed by atoms with E-state index in [-0.39, 0.29) is 17.1 Å². The van der Waals surface area contributed by atoms with Crippen molar-refractivity contribution in [3.63, 3.8) is 0 Å². The predicted octanol–water partition coefficient (Wildman–Crippen LogP) is 1.58. The molecule has 0 unspecified atom stereocenters. The number of nitriles is 1. The van der Waals surface area contributed by atoms with Crippen molar-refractivity contribution >= 4 is 38.5 Å². The van der Waals surface area contributed by atoms with Crippen molar-refractivity contribution in [3.05, 3.63) is 58.0 Å². The Bertz CT molecular complexity index is 1190. The minimum Gasteiger partial charge on any atom is -0.477 e. The summed E-state index contributed by atoms with van der Waals surface area (Å²) in [6.07, 6.45) is 3.77. The molecule has 2 aromatic rings. The van der Waals surface area contributed by atoms with Gasteiger partial charge in [0.2, 0.25) is 0 Å². The summed E-state index contributed by atoms with van der Waals surface area (Å²) in [5.41, 5.74) is 0.297. The molecule has 1 aromatic heterocycles. The second kappa shape index (κ2) is 7.70. The summed E-state index contributed by atoms with van der Waals surface area (Å²) in [6, 6.07) is 8.43. The molecule has 9 heteroatoms. The standard InChI is InChI=1S/C19H16N2O6S/c20-12-15(18(22)23)3-1-2-14-10-13-4-5-16(11-17(13)27-19(14)24)21-6-8-28(25,26)9-7-21/h1-5,10-11H,6-9H2,(H,22,23). The van der Waals surface area contributed by atoms with Crippen LogP contribution in [0.2, 0.25) is 0 Å². The first-order chi connectivity index (χ1) is 13.3. The Kier molecular flexibility index (Phi) is 5.33. The molecule has 0 saturated carbocycles. The van der Waals surface area contributed by atoms with Crippen molar-refractivity contribution in [1.29, 1.82) is 5.26 Å². The van der Waals surface area contributed by atoms with E-state index in [0.29, 0.717) is 24.1 Å². The van der Waals surface area contributed by atoms with E-state index >= 15 is 0 Å². The number of hydrogen-bond donors (Lipinski definition) is 1. The molecular formula is C19H16N2O6S. The Hall–Kier alpha value is -3.38. The van der Waals surface area contributed by atoms with Crippen molar-refractivity contribution in [2.24, 2.45) is 0 Å². The summed E-state index contributed by atoms with van der Waals surface area (Å²) in [6.45, 7) is 0.770. The van der Waals surface area contributed by atoms with Crippen LogP contribution in [0.15, 0.2) is 51.2 Å². The van der Waals surface area contributed by atoms with Crippen LogP contribution >= 0.6 is 0 Å². The third-order valence-electron chi connectivity index (χ3n) is 4.35. The molecule has 0 spiro atoms. The lowest BCUT2D eigenvalue weighted by molar-refractivity contribution is -0.132. The van der Waals surface area contributed by atoms with Crippen molar-refractivity contribution in [2.75, 3.05) is 29.5 Å². The Balaban J connectivity index is 1.88. The SMILES string of the molecule is N#CC(=CC=Cc1cc2ccc(N3CCS(=O)(=O)CC3)cc2oc1=O)C(=O)O. The molecule has 1 fully saturated rings. The first kappa shape index (κ1) is 19.4. The van der Waals surface area contributed by atoms with Gasteiger partial charge in [-0.05, 0) is 30.4 Å². The average Bonchev–Trinajstić information content (AvgIpc) is 2.65. The van der Waals surface area contributed by atoms with E-state index in [1.54, 1.807) is 24.3 Å². The van der Waals surface area contributed by atoms with Crippen LogP contribution in [0.25, 0.3) is 17.0 Å². The van der Waals surface area contributed by atoms with E-state index in [2.05, 4.69) is 0 Å². The van der Waals surface area contributed by atoms with Gasteiger partial charge >= 0.3 is 11.6 Å². The van der Waals surface area contributed by atoms with Crippen LogP contribution in [0.5, 0.6) is 0 Å². The fourth-order valence-electron chi connectivity index (χ4n) is 2.80. The second-order valence-electron chi connectivity index (χ2n) is 6.21. The number of benzene rings is 1. The van der Waals surface area contributed by atoms with Gasteiger partial charge < -0.3 is 14.4 Å². The molecule has 0 radical (unpaired) electrons. The number of anilines is 1. The van der Waals surface area contributed by atoms with Crippen LogP contribution in [0.3, 0.4) is 0 Å². The van der Waals surface area contributed by atoms with Gasteiger partial charge in [0.05, 0.1) is 17.1 Å². The predicted molar refractivity (Wildman–Crippen MR) is 104 cm³/mol. The largest absolute Gasteiger partial charge is 0.477 e. The highest BCUT2D eigenvalue weighted by atomic mass is 32.2. The van der Waals surface area contributed by atoms with E-state index in [0.717, 1.165) is 11.8 Å². The molecule has 0 aliphatic carbocycles. The Morgan fingerprint density at radius 2 is 1.96 bits per heavy atom. The van der Waals surface area contributed by atoms with E-state index in [1.807, 2.05) is 11.0 Å². The molecule has 144 valence electrons. The van der Waals surface area contributed by atoms with Gasteiger partial charge in [0.1, 0.15) is 17.2 Å². The van der Waals surface area contributed by atoms with Crippen molar-refractivity contribution < 1.29 is 22.7 Å². The minimum absolute atomic E-state index is 0.0905. The highest BCUT2D eigenvalue weighted by molar-refractivity contribution is 7.91. The summed E-state index contributed by atoms with van der Waals surface area (Å²) < 4.78 is 28.5. The summed E-state index contributed by atoms with van der Waals surface area (Å²) in [7, 11) is -2.99. The third-order valence-corrected chi connectivity index (χ3v) is 5.95. The molecule has 0 bridgehead atoms. The number of fused-ring (bicyclic) bond motifs is 1. The van der Waals surface area contributed by atoms with Gasteiger partial charge in [-0.3, -0.25) is 0 Å². The van der Waals surface area contributed by atoms with E-state index in [1.165, 1.54) is 12.2 Å². The zero-order valence-electron chi connectivity index (χ0n) is 14.7. The van der Waals surface area contributed by atoms with Crippen LogP contribution < -0.4 is 10.5 Å². The first-order valence-corrected chi connectivity index (χ1v) is 10.2. The molecule has 0 amide bonds. The van der Waals surface area contributed by atoms with Crippen molar-refractivity contribution in [1.82, 2.24) is 0 Å². The average molecular weight is 400 g/mol. The molecule has 28 heavy (non-hydrogen) atoms. The normalized spacial score (nSPS) is 17.0. The molecule has 8 nitrogen and oxygen atoms in total. The lowest BCUT2D eigenvalue weighted by Gasteiger charge is -2.28. The number of carbonyl (C=O) groups is 1. The van der Waals surface area contributed by atoms with Crippen LogP contribution in [0, 0.1) is 11.3 Å². The Morgan fingerprint density at radius 1 is 1.25 bits per heavy atom. The van der Waals surface area contributed by atoms with Gasteiger partial charge in [0.25, 0.3) is 0 Å². The number of rotatable bonds is 4. The fourth-order valence-corrected chi connectivity index (χ4v) is 4.01. The van der Waals surface area contributed by atoms with E-state index in [4.69, 9.17) is 14.8 Å². The van der Waals surface area contributed by atoms with Gasteiger partial charge in [-0.1, -0.05) is 6.08 Å². The van der Waals surface area contributed by atoms with E-state index < -0.39 is 27.0 Å². The monoisotopic (exact) mass is 400 g/mol. The van der Waals surface area contributed by atoms with Crippen LogP contribution in [-0.4, -0.2) is 44.1 Å². The maximum Gasteiger partial charge on any atom is 0.346 e. The number of carboxylic acid groups (broad SMARTS) is 1. The summed E-state index contributed by atoms with van der Waals surface area (Å²) >= 11 is 0. The highest BCUT2D eigenvalue weighted by Gasteiger charge is 2.22. The van der Waals surface area contributed by atoms with Gasteiger partial charge in [-0.15, -0.1) is 0 Å². The lowest BCUT2D eigenvalue weighted by atomic mass is 10.1. The zero-order valence-corrected chi connectivity index (χ0v) is 15.5. The Morgan fingerprint density at radius 3 is 2.61 bits per heavy atom. The van der Waals surface area contributed by atoms with Gasteiger partial charge in [0.15, 0.2) is 9.84 Å². The van der Waals surface area contributed by atoms with E-state index in [9.17, 15) is 18.0 Å². The first-order valence-electron chi connectivity index (χ1n) is 8.34. The molecule has 1 saturated heterocycles. The molecule has 0 atom stereocenters. The van der Waals surface area contributed by atoms with Crippen molar-refractivity contribution in [3.8, 4) is 6.07 Å². The lowest BCUT2D eigenvalue weighted by Crippen LogP contribution is -2.40. The van der Waals surface area contributed by atoms with Crippen LogP contribution in [0.4, 0.5) is 5.69 Å². The Labute approximate surface area is 160 Å². The zero-order chi connectivity index (χ0) is 20.3. The number of nitrogens with zero attached hydrogens (tertiary/aromatic N) is 2. The molecule has 1 aromatic carbocycles. The summed E-state index contributed by atoms with van der Waals surface area (Å²) in [4.78, 5) is 24.9. The number of hydrogen-bond acceptors (Lipinski definition) is 7. The molecule has 1 aliphatic rings. The number of carboxylic acids is 1.